The van der Waals surface area contributed by atoms with E-state index in [1.54, 1.807) is 5.57 Å². The molecule has 0 radical (unpaired) electrons. The van der Waals surface area contributed by atoms with Crippen LogP contribution in [0.4, 0.5) is 4.79 Å². The zero-order valence-corrected chi connectivity index (χ0v) is 22.1. The van der Waals surface area contributed by atoms with Gasteiger partial charge in [0, 0.05) is 0 Å². The number of amides is 2. The summed E-state index contributed by atoms with van der Waals surface area (Å²) in [6, 6.07) is -0.833. The van der Waals surface area contributed by atoms with Crippen LogP contribution in [0.25, 0.3) is 0 Å². The van der Waals surface area contributed by atoms with Gasteiger partial charge in [-0.1, -0.05) is 65.5 Å². The zero-order chi connectivity index (χ0) is 23.7. The van der Waals surface area contributed by atoms with Crippen LogP contribution in [0.3, 0.4) is 0 Å². The number of aliphatic hydroxyl groups excluding tert-OH is 1. The molecule has 0 saturated heterocycles. The van der Waals surface area contributed by atoms with E-state index >= 15 is 0 Å². The van der Waals surface area contributed by atoms with E-state index in [9.17, 15) is 5.11 Å². The molecule has 5 nitrogen and oxygen atoms in total. The second-order valence-electron chi connectivity index (χ2n) is 12.6. The maximum Gasteiger partial charge on any atom is 0.309 e. The molecule has 0 aromatic carbocycles. The van der Waals surface area contributed by atoms with Crippen LogP contribution in [0.1, 0.15) is 105 Å². The Morgan fingerprint density at radius 3 is 2.36 bits per heavy atom. The van der Waals surface area contributed by atoms with E-state index < -0.39 is 6.03 Å². The van der Waals surface area contributed by atoms with Gasteiger partial charge in [-0.05, 0) is 97.7 Å². The number of aliphatic hydroxyl groups is 1. The maximum atomic E-state index is 10.2. The lowest BCUT2D eigenvalue weighted by atomic mass is 9.47. The Kier molecular flexibility index (Phi) is 9.49. The standard InChI is InChI=1S/C27H46O.CH4N2O.H3N/c1-18(2)7-6-8-19(3)23-11-12-24-22-10-9-20-17-21(28)13-15-26(20,4)25(22)14-16-27(23,24)5;2-1(3)4;/h9,18-19,21-25,28H,6-8,10-17H2,1-5H3;(H4,2,3,4);1H3/t19?,21-,22-,23+,24-,25-,26-,27+;;/m0../s1. The number of primary amides is 2. The molecule has 192 valence electrons. The van der Waals surface area contributed by atoms with Gasteiger partial charge in [-0.15, -0.1) is 0 Å². The molecular formula is C28H53N3O2. The van der Waals surface area contributed by atoms with E-state index in [4.69, 9.17) is 4.79 Å². The van der Waals surface area contributed by atoms with Crippen LogP contribution < -0.4 is 17.6 Å². The van der Waals surface area contributed by atoms with Crippen LogP contribution in [0.2, 0.25) is 0 Å². The molecule has 8 N–H and O–H groups in total. The fraction of sp³-hybridized carbons (Fsp3) is 0.893. The Labute approximate surface area is 203 Å². The molecule has 0 spiro atoms. The van der Waals surface area contributed by atoms with Crippen LogP contribution in [0.5, 0.6) is 0 Å². The number of hydrogen-bond acceptors (Lipinski definition) is 3. The van der Waals surface area contributed by atoms with Gasteiger partial charge in [0.05, 0.1) is 6.10 Å². The Morgan fingerprint density at radius 1 is 1.06 bits per heavy atom. The van der Waals surface area contributed by atoms with Crippen molar-refractivity contribution < 1.29 is 9.90 Å². The Balaban J connectivity index is 0.000000714. The minimum absolute atomic E-state index is 0. The van der Waals surface area contributed by atoms with Crippen LogP contribution in [0.15, 0.2) is 11.6 Å². The van der Waals surface area contributed by atoms with Crippen molar-refractivity contribution in [1.29, 1.82) is 0 Å². The smallest absolute Gasteiger partial charge is 0.309 e. The number of fused-ring (bicyclic) bond motifs is 5. The van der Waals surface area contributed by atoms with Gasteiger partial charge in [-0.25, -0.2) is 4.79 Å². The highest BCUT2D eigenvalue weighted by molar-refractivity contribution is 5.69. The fourth-order valence-corrected chi connectivity index (χ4v) is 8.67. The predicted molar refractivity (Wildman–Crippen MR) is 138 cm³/mol. The van der Waals surface area contributed by atoms with Gasteiger partial charge in [0.25, 0.3) is 0 Å². The molecule has 8 atom stereocenters. The third-order valence-corrected chi connectivity index (χ3v) is 10.3. The molecule has 0 aromatic rings. The molecule has 4 aliphatic carbocycles. The number of rotatable bonds is 5. The number of urea groups is 1. The van der Waals surface area contributed by atoms with E-state index in [2.05, 4.69) is 52.2 Å². The number of allylic oxidation sites excluding steroid dienone is 1. The molecule has 3 fully saturated rings. The first kappa shape index (κ1) is 28.2. The summed E-state index contributed by atoms with van der Waals surface area (Å²) in [7, 11) is 0. The van der Waals surface area contributed by atoms with Gasteiger partial charge in [-0.3, -0.25) is 0 Å². The monoisotopic (exact) mass is 463 g/mol. The summed E-state index contributed by atoms with van der Waals surface area (Å²) in [4.78, 5) is 9.00. The fourth-order valence-electron chi connectivity index (χ4n) is 8.67. The summed E-state index contributed by atoms with van der Waals surface area (Å²) in [5.74, 6) is 5.46. The Hall–Kier alpha value is -1.07. The van der Waals surface area contributed by atoms with Crippen LogP contribution in [0, 0.1) is 46.3 Å². The molecule has 33 heavy (non-hydrogen) atoms. The summed E-state index contributed by atoms with van der Waals surface area (Å²) in [5, 5.41) is 10.2. The van der Waals surface area contributed by atoms with Crippen molar-refractivity contribution in [3.8, 4) is 0 Å². The topological polar surface area (TPSA) is 124 Å². The van der Waals surface area contributed by atoms with Crippen molar-refractivity contribution in [2.24, 2.45) is 57.8 Å². The molecule has 0 aromatic heterocycles. The first-order valence-electron chi connectivity index (χ1n) is 13.4. The summed E-state index contributed by atoms with van der Waals surface area (Å²) in [5.41, 5.74) is 11.1. The highest BCUT2D eigenvalue weighted by Crippen LogP contribution is 2.67. The molecule has 0 aliphatic heterocycles. The van der Waals surface area contributed by atoms with Crippen LogP contribution in [-0.2, 0) is 0 Å². The van der Waals surface area contributed by atoms with Gasteiger partial charge in [0.15, 0.2) is 0 Å². The summed E-state index contributed by atoms with van der Waals surface area (Å²) in [6.07, 6.45) is 17.2. The lowest BCUT2D eigenvalue weighted by molar-refractivity contribution is -0.0573. The van der Waals surface area contributed by atoms with Crippen molar-refractivity contribution in [3.63, 3.8) is 0 Å². The first-order chi connectivity index (χ1) is 15.0. The van der Waals surface area contributed by atoms with E-state index in [0.29, 0.717) is 10.8 Å². The van der Waals surface area contributed by atoms with Crippen molar-refractivity contribution in [3.05, 3.63) is 11.6 Å². The molecule has 0 bridgehead atoms. The van der Waals surface area contributed by atoms with Gasteiger partial charge in [-0.2, -0.15) is 0 Å². The molecule has 4 rings (SSSR count). The highest BCUT2D eigenvalue weighted by Gasteiger charge is 2.59. The van der Waals surface area contributed by atoms with Gasteiger partial charge in [0.2, 0.25) is 0 Å². The number of hydrogen-bond donors (Lipinski definition) is 4. The quantitative estimate of drug-likeness (QED) is 0.344. The Morgan fingerprint density at radius 2 is 1.73 bits per heavy atom. The lowest BCUT2D eigenvalue weighted by Crippen LogP contribution is -2.50. The minimum atomic E-state index is -0.833. The predicted octanol–water partition coefficient (Wildman–Crippen LogP) is 6.57. The summed E-state index contributed by atoms with van der Waals surface area (Å²) < 4.78 is 0. The minimum Gasteiger partial charge on any atom is -0.393 e. The van der Waals surface area contributed by atoms with E-state index in [0.717, 1.165) is 48.3 Å². The molecule has 3 saturated carbocycles. The third-order valence-electron chi connectivity index (χ3n) is 10.3. The largest absolute Gasteiger partial charge is 0.393 e. The Bertz CT molecular complexity index is 689. The molecule has 2 amide bonds. The van der Waals surface area contributed by atoms with Crippen LogP contribution >= 0.6 is 0 Å². The van der Waals surface area contributed by atoms with Gasteiger partial charge >= 0.3 is 6.03 Å². The molecule has 4 aliphatic rings. The molecular weight excluding hydrogens is 410 g/mol. The van der Waals surface area contributed by atoms with Crippen molar-refractivity contribution >= 4 is 6.03 Å². The normalized spacial score (nSPS) is 40.2. The SMILES string of the molecule is CC(C)CCCC(C)[C@H]1CC[C@H]2[C@@H]3CC=C4C[C@@H](O)CC[C@]4(C)[C@H]3CC[C@]12C.N.NC(N)=O. The number of carbonyl (C=O) groups excluding carboxylic acids is 1. The third kappa shape index (κ3) is 5.78. The van der Waals surface area contributed by atoms with Crippen molar-refractivity contribution in [1.82, 2.24) is 6.15 Å². The van der Waals surface area contributed by atoms with Gasteiger partial charge < -0.3 is 22.7 Å². The van der Waals surface area contributed by atoms with Gasteiger partial charge in [0.1, 0.15) is 0 Å². The highest BCUT2D eigenvalue weighted by atomic mass is 16.3. The number of nitrogens with two attached hydrogens (primary N) is 2. The second kappa shape index (κ2) is 11.1. The van der Waals surface area contributed by atoms with E-state index in [1.165, 1.54) is 57.8 Å². The first-order valence-corrected chi connectivity index (χ1v) is 13.4. The maximum absolute atomic E-state index is 10.2. The van der Waals surface area contributed by atoms with Crippen LogP contribution in [-0.4, -0.2) is 17.2 Å². The zero-order valence-electron chi connectivity index (χ0n) is 22.1. The van der Waals surface area contributed by atoms with E-state index in [-0.39, 0.29) is 12.3 Å². The summed E-state index contributed by atoms with van der Waals surface area (Å²) in [6.45, 7) is 12.6. The molecule has 1 unspecified atom stereocenters. The van der Waals surface area contributed by atoms with Crippen molar-refractivity contribution in [2.45, 2.75) is 111 Å². The average molecular weight is 464 g/mol. The summed E-state index contributed by atoms with van der Waals surface area (Å²) >= 11 is 0. The second-order valence-corrected chi connectivity index (χ2v) is 12.6. The number of carbonyl (C=O) groups is 1. The van der Waals surface area contributed by atoms with Crippen molar-refractivity contribution in [2.75, 3.05) is 0 Å². The molecule has 5 heteroatoms. The molecule has 0 heterocycles. The lowest BCUT2D eigenvalue weighted by Gasteiger charge is -2.58. The average Bonchev–Trinajstić information content (AvgIpc) is 3.05. The van der Waals surface area contributed by atoms with E-state index in [1.807, 2.05) is 0 Å².